The number of ether oxygens (including phenoxy) is 1. The number of nitrogens with zero attached hydrogens (tertiary/aromatic N) is 2. The molecule has 6 nitrogen and oxygen atoms in total. The average Bonchev–Trinajstić information content (AvgIpc) is 3.27. The number of hydrogen-bond donors (Lipinski definition) is 2. The van der Waals surface area contributed by atoms with Crippen molar-refractivity contribution in [3.05, 3.63) is 36.0 Å². The number of hydrogen-bond acceptors (Lipinski definition) is 4. The Morgan fingerprint density at radius 3 is 2.42 bits per heavy atom. The van der Waals surface area contributed by atoms with Crippen LogP contribution in [0.25, 0.3) is 11.3 Å². The van der Waals surface area contributed by atoms with Crippen molar-refractivity contribution in [1.29, 1.82) is 0 Å². The Kier molecular flexibility index (Phi) is 5.84. The number of carbonyl (C=O) groups is 1. The zero-order valence-electron chi connectivity index (χ0n) is 14.9. The first-order chi connectivity index (χ1) is 12.3. The van der Waals surface area contributed by atoms with E-state index >= 15 is 0 Å². The molecule has 0 spiro atoms. The van der Waals surface area contributed by atoms with Crippen molar-refractivity contribution in [2.45, 2.75) is 12.8 Å². The SMILES string of the molecule is COc1ccc(-c2[nH]ncc2C(=O)N2CC[C@@H]3CNC[C@@H]3CC2)cc1.Cl. The van der Waals surface area contributed by atoms with Crippen molar-refractivity contribution in [2.24, 2.45) is 11.8 Å². The molecule has 4 rings (SSSR count). The molecule has 1 amide bonds. The molecule has 2 fully saturated rings. The molecule has 1 aromatic heterocycles. The minimum atomic E-state index is 0. The number of amides is 1. The van der Waals surface area contributed by atoms with Crippen molar-refractivity contribution in [1.82, 2.24) is 20.4 Å². The second kappa shape index (κ2) is 8.10. The second-order valence-corrected chi connectivity index (χ2v) is 6.94. The second-order valence-electron chi connectivity index (χ2n) is 6.94. The third-order valence-electron chi connectivity index (χ3n) is 5.55. The van der Waals surface area contributed by atoms with Crippen LogP contribution in [0.5, 0.6) is 5.75 Å². The van der Waals surface area contributed by atoms with E-state index in [1.54, 1.807) is 13.3 Å². The van der Waals surface area contributed by atoms with Gasteiger partial charge >= 0.3 is 0 Å². The predicted octanol–water partition coefficient (Wildman–Crippen LogP) is 2.58. The normalized spacial score (nSPS) is 22.3. The molecule has 140 valence electrons. The van der Waals surface area contributed by atoms with Gasteiger partial charge in [0.1, 0.15) is 5.75 Å². The number of aromatic amines is 1. The number of aromatic nitrogens is 2. The highest BCUT2D eigenvalue weighted by molar-refractivity contribution is 5.99. The summed E-state index contributed by atoms with van der Waals surface area (Å²) >= 11 is 0. The number of likely N-dealkylation sites (tertiary alicyclic amines) is 1. The average molecular weight is 377 g/mol. The largest absolute Gasteiger partial charge is 0.497 e. The Hall–Kier alpha value is -2.05. The first-order valence-corrected chi connectivity index (χ1v) is 8.94. The molecule has 0 aliphatic carbocycles. The van der Waals surface area contributed by atoms with Crippen LogP contribution in [0.2, 0.25) is 0 Å². The fourth-order valence-corrected chi connectivity index (χ4v) is 4.02. The van der Waals surface area contributed by atoms with Gasteiger partial charge in [-0.15, -0.1) is 12.4 Å². The van der Waals surface area contributed by atoms with Gasteiger partial charge in [0.15, 0.2) is 0 Å². The summed E-state index contributed by atoms with van der Waals surface area (Å²) < 4.78 is 5.20. The van der Waals surface area contributed by atoms with E-state index in [1.165, 1.54) is 0 Å². The van der Waals surface area contributed by atoms with Crippen LogP contribution in [0, 0.1) is 11.8 Å². The maximum Gasteiger partial charge on any atom is 0.257 e. The zero-order chi connectivity index (χ0) is 17.2. The Morgan fingerprint density at radius 1 is 1.15 bits per heavy atom. The van der Waals surface area contributed by atoms with Crippen molar-refractivity contribution in [2.75, 3.05) is 33.3 Å². The molecule has 26 heavy (non-hydrogen) atoms. The highest BCUT2D eigenvalue weighted by Gasteiger charge is 2.32. The molecule has 7 heteroatoms. The molecule has 2 aliphatic rings. The first kappa shape index (κ1) is 18.7. The fourth-order valence-electron chi connectivity index (χ4n) is 4.02. The third kappa shape index (κ3) is 3.57. The van der Waals surface area contributed by atoms with E-state index in [-0.39, 0.29) is 18.3 Å². The molecule has 3 heterocycles. The van der Waals surface area contributed by atoms with Crippen molar-refractivity contribution in [3.8, 4) is 17.0 Å². The van der Waals surface area contributed by atoms with Gasteiger partial charge in [0, 0.05) is 18.7 Å². The monoisotopic (exact) mass is 376 g/mol. The van der Waals surface area contributed by atoms with E-state index in [1.807, 2.05) is 29.2 Å². The number of H-pyrrole nitrogens is 1. The summed E-state index contributed by atoms with van der Waals surface area (Å²) in [6, 6.07) is 7.68. The first-order valence-electron chi connectivity index (χ1n) is 8.94. The van der Waals surface area contributed by atoms with E-state index < -0.39 is 0 Å². The van der Waals surface area contributed by atoms with Crippen LogP contribution in [-0.4, -0.2) is 54.3 Å². The van der Waals surface area contributed by atoms with Crippen molar-refractivity contribution < 1.29 is 9.53 Å². The molecule has 1 aromatic carbocycles. The van der Waals surface area contributed by atoms with Crippen LogP contribution < -0.4 is 10.1 Å². The molecule has 0 unspecified atom stereocenters. The number of methoxy groups -OCH3 is 1. The van der Waals surface area contributed by atoms with Crippen LogP contribution in [0.4, 0.5) is 0 Å². The van der Waals surface area contributed by atoms with E-state index in [9.17, 15) is 4.79 Å². The lowest BCUT2D eigenvalue weighted by Gasteiger charge is -2.21. The Bertz CT molecular complexity index is 732. The van der Waals surface area contributed by atoms with Crippen molar-refractivity contribution in [3.63, 3.8) is 0 Å². The third-order valence-corrected chi connectivity index (χ3v) is 5.55. The topological polar surface area (TPSA) is 70.2 Å². The lowest BCUT2D eigenvalue weighted by Crippen LogP contribution is -2.32. The number of rotatable bonds is 3. The molecular formula is C19H25ClN4O2. The predicted molar refractivity (Wildman–Crippen MR) is 103 cm³/mol. The summed E-state index contributed by atoms with van der Waals surface area (Å²) in [5, 5.41) is 10.6. The molecule has 0 bridgehead atoms. The Morgan fingerprint density at radius 2 is 1.81 bits per heavy atom. The number of fused-ring (bicyclic) bond motifs is 1. The quantitative estimate of drug-likeness (QED) is 0.863. The summed E-state index contributed by atoms with van der Waals surface area (Å²) in [4.78, 5) is 15.1. The van der Waals surface area contributed by atoms with Crippen LogP contribution in [0.3, 0.4) is 0 Å². The smallest absolute Gasteiger partial charge is 0.257 e. The van der Waals surface area contributed by atoms with Gasteiger partial charge in [0.25, 0.3) is 5.91 Å². The standard InChI is InChI=1S/C19H24N4O2.ClH/c1-25-16-4-2-13(3-5-16)18-17(12-21-22-18)19(24)23-8-6-14-10-20-11-15(14)7-9-23;/h2-5,12,14-15,20H,6-11H2,1H3,(H,21,22);1H/t14-,15+;. The Balaban J connectivity index is 0.00000196. The highest BCUT2D eigenvalue weighted by Crippen LogP contribution is 2.29. The van der Waals surface area contributed by atoms with Crippen LogP contribution in [-0.2, 0) is 0 Å². The summed E-state index contributed by atoms with van der Waals surface area (Å²) in [7, 11) is 1.64. The molecule has 2 saturated heterocycles. The van der Waals surface area contributed by atoms with Gasteiger partial charge in [0.05, 0.1) is 24.6 Å². The summed E-state index contributed by atoms with van der Waals surface area (Å²) in [6.07, 6.45) is 3.81. The molecule has 2 N–H and O–H groups in total. The minimum Gasteiger partial charge on any atom is -0.497 e. The molecule has 0 radical (unpaired) electrons. The molecule has 0 saturated carbocycles. The summed E-state index contributed by atoms with van der Waals surface area (Å²) in [5.74, 6) is 2.29. The maximum absolute atomic E-state index is 13.1. The van der Waals surface area contributed by atoms with Crippen LogP contribution in [0.15, 0.2) is 30.5 Å². The lowest BCUT2D eigenvalue weighted by molar-refractivity contribution is 0.0759. The lowest BCUT2D eigenvalue weighted by atomic mass is 9.92. The van der Waals surface area contributed by atoms with Gasteiger partial charge in [-0.1, -0.05) is 0 Å². The van der Waals surface area contributed by atoms with E-state index in [4.69, 9.17) is 4.74 Å². The van der Waals surface area contributed by atoms with Gasteiger partial charge in [-0.3, -0.25) is 9.89 Å². The highest BCUT2D eigenvalue weighted by atomic mass is 35.5. The molecule has 2 aliphatic heterocycles. The fraction of sp³-hybridized carbons (Fsp3) is 0.474. The Labute approximate surface area is 159 Å². The van der Waals surface area contributed by atoms with Gasteiger partial charge in [-0.2, -0.15) is 5.10 Å². The summed E-state index contributed by atoms with van der Waals surface area (Å²) in [5.41, 5.74) is 2.37. The minimum absolute atomic E-state index is 0. The number of benzene rings is 1. The van der Waals surface area contributed by atoms with E-state index in [0.717, 1.165) is 56.0 Å². The molecule has 2 atom stereocenters. The number of nitrogens with one attached hydrogen (secondary N) is 2. The van der Waals surface area contributed by atoms with Gasteiger partial charge in [-0.25, -0.2) is 0 Å². The summed E-state index contributed by atoms with van der Waals surface area (Å²) in [6.45, 7) is 3.84. The molecular weight excluding hydrogens is 352 g/mol. The van der Waals surface area contributed by atoms with Crippen LogP contribution >= 0.6 is 12.4 Å². The van der Waals surface area contributed by atoms with E-state index in [0.29, 0.717) is 17.4 Å². The van der Waals surface area contributed by atoms with Gasteiger partial charge in [-0.05, 0) is 62.0 Å². The van der Waals surface area contributed by atoms with Crippen molar-refractivity contribution >= 4 is 18.3 Å². The van der Waals surface area contributed by atoms with Crippen LogP contribution in [0.1, 0.15) is 23.2 Å². The zero-order valence-corrected chi connectivity index (χ0v) is 15.7. The van der Waals surface area contributed by atoms with Gasteiger partial charge in [0.2, 0.25) is 0 Å². The maximum atomic E-state index is 13.1. The molecule has 2 aromatic rings. The van der Waals surface area contributed by atoms with Gasteiger partial charge < -0.3 is 15.0 Å². The number of carbonyl (C=O) groups excluding carboxylic acids is 1. The van der Waals surface area contributed by atoms with E-state index in [2.05, 4.69) is 15.5 Å². The number of halogens is 1.